The highest BCUT2D eigenvalue weighted by Gasteiger charge is 2.16. The lowest BCUT2D eigenvalue weighted by Gasteiger charge is -2.15. The summed E-state index contributed by atoms with van der Waals surface area (Å²) in [6.07, 6.45) is 8.79. The van der Waals surface area contributed by atoms with Crippen molar-refractivity contribution in [3.63, 3.8) is 0 Å². The van der Waals surface area contributed by atoms with Gasteiger partial charge in [0.2, 0.25) is 0 Å². The summed E-state index contributed by atoms with van der Waals surface area (Å²) < 4.78 is 4.79. The third kappa shape index (κ3) is 2.93. The lowest BCUT2D eigenvalue weighted by molar-refractivity contribution is 0.982. The average molecular weight is 360 g/mol. The van der Waals surface area contributed by atoms with Gasteiger partial charge in [-0.05, 0) is 88.8 Å². The van der Waals surface area contributed by atoms with Crippen LogP contribution in [0.1, 0.15) is 48.6 Å². The molecule has 2 aromatic carbocycles. The maximum atomic E-state index is 4.79. The number of nitrogens with zero attached hydrogens (tertiary/aromatic N) is 1. The van der Waals surface area contributed by atoms with Gasteiger partial charge >= 0.3 is 0 Å². The van der Waals surface area contributed by atoms with E-state index in [2.05, 4.69) is 68.6 Å². The Hall–Kier alpha value is -2.19. The second-order valence-corrected chi connectivity index (χ2v) is 7.56. The summed E-state index contributed by atoms with van der Waals surface area (Å²) in [5.74, 6) is 0. The van der Waals surface area contributed by atoms with Crippen LogP contribution in [0, 0.1) is 0 Å². The predicted octanol–water partition coefficient (Wildman–Crippen LogP) is 6.73. The van der Waals surface area contributed by atoms with Crippen LogP contribution < -0.4 is 0 Å². The van der Waals surface area contributed by atoms with Gasteiger partial charge in [0.1, 0.15) is 0 Å². The number of rotatable bonds is 5. The van der Waals surface area contributed by atoms with Crippen LogP contribution in [0.4, 0.5) is 0 Å². The lowest BCUT2D eigenvalue weighted by atomic mass is 9.90. The molecule has 0 saturated carbocycles. The highest BCUT2D eigenvalue weighted by molar-refractivity contribution is 7.04. The minimum atomic E-state index is 1.06. The van der Waals surface area contributed by atoms with E-state index in [4.69, 9.17) is 4.37 Å². The van der Waals surface area contributed by atoms with Gasteiger partial charge in [0.05, 0.1) is 5.69 Å². The Morgan fingerprint density at radius 2 is 1.69 bits per heavy atom. The van der Waals surface area contributed by atoms with E-state index < -0.39 is 0 Å². The zero-order valence-corrected chi connectivity index (χ0v) is 16.6. The normalized spacial score (nSPS) is 12.6. The van der Waals surface area contributed by atoms with Crippen LogP contribution in [0.15, 0.2) is 41.8 Å². The second kappa shape index (κ2) is 7.20. The van der Waals surface area contributed by atoms with Gasteiger partial charge in [0.25, 0.3) is 0 Å². The highest BCUT2D eigenvalue weighted by atomic mass is 32.1. The predicted molar refractivity (Wildman–Crippen MR) is 114 cm³/mol. The fourth-order valence-electron chi connectivity index (χ4n) is 4.09. The van der Waals surface area contributed by atoms with Crippen molar-refractivity contribution in [3.05, 3.63) is 69.6 Å². The molecule has 1 aliphatic carbocycles. The van der Waals surface area contributed by atoms with Gasteiger partial charge in [0.15, 0.2) is 0 Å². The molecule has 0 bridgehead atoms. The number of fused-ring (bicyclic) bond motifs is 1. The van der Waals surface area contributed by atoms with Gasteiger partial charge < -0.3 is 0 Å². The van der Waals surface area contributed by atoms with Crippen molar-refractivity contribution < 1.29 is 0 Å². The smallest absolute Gasteiger partial charge is 0.0919 e. The molecule has 3 aromatic rings. The molecule has 1 nitrogen and oxygen atoms in total. The summed E-state index contributed by atoms with van der Waals surface area (Å²) in [4.78, 5) is 0. The van der Waals surface area contributed by atoms with Crippen molar-refractivity contribution in [2.75, 3.05) is 0 Å². The highest BCUT2D eigenvalue weighted by Crippen LogP contribution is 2.36. The Labute approximate surface area is 160 Å². The van der Waals surface area contributed by atoms with E-state index in [1.807, 2.05) is 0 Å². The molecule has 0 atom stereocenters. The quantitative estimate of drug-likeness (QED) is 0.492. The molecular weight excluding hydrogens is 334 g/mol. The molecule has 0 unspecified atom stereocenters. The van der Waals surface area contributed by atoms with E-state index >= 15 is 0 Å². The van der Waals surface area contributed by atoms with Crippen LogP contribution in [0.2, 0.25) is 0 Å². The fraction of sp³-hybridized carbons (Fsp3) is 0.292. The first-order chi connectivity index (χ1) is 12.7. The first kappa shape index (κ1) is 17.2. The maximum Gasteiger partial charge on any atom is 0.0919 e. The molecule has 26 heavy (non-hydrogen) atoms. The molecule has 0 amide bonds. The van der Waals surface area contributed by atoms with Crippen LogP contribution in [0.3, 0.4) is 0 Å². The minimum absolute atomic E-state index is 1.06. The Bertz CT molecular complexity index is 953. The summed E-state index contributed by atoms with van der Waals surface area (Å²) in [6, 6.07) is 11.6. The largest absolute Gasteiger partial charge is 0.192 e. The van der Waals surface area contributed by atoms with E-state index in [1.165, 1.54) is 44.5 Å². The van der Waals surface area contributed by atoms with Crippen molar-refractivity contribution in [1.29, 1.82) is 0 Å². The van der Waals surface area contributed by atoms with Gasteiger partial charge in [-0.2, -0.15) is 4.37 Å². The molecule has 132 valence electrons. The third-order valence-electron chi connectivity index (χ3n) is 5.49. The topological polar surface area (TPSA) is 12.9 Å². The number of aryl methyl sites for hydroxylation is 2. The molecule has 0 radical (unpaired) electrons. The van der Waals surface area contributed by atoms with Crippen molar-refractivity contribution in [2.24, 2.45) is 0 Å². The van der Waals surface area contributed by atoms with Gasteiger partial charge in [-0.25, -0.2) is 0 Å². The second-order valence-electron chi connectivity index (χ2n) is 6.93. The number of hydrogen-bond acceptors (Lipinski definition) is 2. The van der Waals surface area contributed by atoms with Crippen molar-refractivity contribution in [2.45, 2.75) is 46.5 Å². The fourth-order valence-corrected chi connectivity index (χ4v) is 4.80. The Balaban J connectivity index is 1.84. The molecule has 0 saturated heterocycles. The van der Waals surface area contributed by atoms with E-state index in [9.17, 15) is 0 Å². The Kier molecular flexibility index (Phi) is 4.78. The summed E-state index contributed by atoms with van der Waals surface area (Å²) in [6.45, 7) is 6.78. The first-order valence-corrected chi connectivity index (χ1v) is 10.5. The molecule has 0 spiro atoms. The summed E-state index contributed by atoms with van der Waals surface area (Å²) in [5, 5.41) is 2.20. The molecule has 0 aliphatic heterocycles. The van der Waals surface area contributed by atoms with Gasteiger partial charge in [-0.3, -0.25) is 0 Å². The van der Waals surface area contributed by atoms with Crippen molar-refractivity contribution in [1.82, 2.24) is 4.37 Å². The molecule has 1 aliphatic rings. The van der Waals surface area contributed by atoms with Crippen molar-refractivity contribution in [3.8, 4) is 22.4 Å². The summed E-state index contributed by atoms with van der Waals surface area (Å²) in [5.41, 5.74) is 12.2. The van der Waals surface area contributed by atoms with Crippen molar-refractivity contribution >= 4 is 17.6 Å². The number of allylic oxidation sites excluding steroid dienone is 1. The average Bonchev–Trinajstić information content (AvgIpc) is 3.35. The van der Waals surface area contributed by atoms with Gasteiger partial charge in [-0.1, -0.05) is 45.1 Å². The zero-order chi connectivity index (χ0) is 18.1. The van der Waals surface area contributed by atoms with Crippen LogP contribution >= 0.6 is 11.5 Å². The van der Waals surface area contributed by atoms with Crippen LogP contribution in [0.25, 0.3) is 28.5 Å². The standard InChI is InChI=1S/C24H25NS/c1-4-16-12-21(13-17(5-2)22(16)6-3)24-23(15-26-25-24)20-11-10-18-8-7-9-19(18)14-20/h7,9-15H,4-6,8H2,1-3H3. The van der Waals surface area contributed by atoms with Crippen LogP contribution in [0.5, 0.6) is 0 Å². The number of aromatic nitrogens is 1. The van der Waals surface area contributed by atoms with Crippen LogP contribution in [-0.4, -0.2) is 4.37 Å². The summed E-state index contributed by atoms with van der Waals surface area (Å²) in [7, 11) is 0. The third-order valence-corrected chi connectivity index (χ3v) is 6.11. The SMILES string of the molecule is CCc1cc(-c2nscc2-c2ccc3c(c2)C=CC3)cc(CC)c1CC. The van der Waals surface area contributed by atoms with Gasteiger partial charge in [0, 0.05) is 16.5 Å². The van der Waals surface area contributed by atoms with E-state index in [-0.39, 0.29) is 0 Å². The van der Waals surface area contributed by atoms with Crippen LogP contribution in [-0.2, 0) is 25.7 Å². The molecule has 0 N–H and O–H groups in total. The van der Waals surface area contributed by atoms with Gasteiger partial charge in [-0.15, -0.1) is 0 Å². The Morgan fingerprint density at radius 3 is 2.38 bits per heavy atom. The van der Waals surface area contributed by atoms with E-state index in [1.54, 1.807) is 11.5 Å². The number of hydrogen-bond donors (Lipinski definition) is 0. The zero-order valence-electron chi connectivity index (χ0n) is 15.8. The first-order valence-electron chi connectivity index (χ1n) is 9.64. The minimum Gasteiger partial charge on any atom is -0.192 e. The number of benzene rings is 2. The van der Waals surface area contributed by atoms with E-state index in [0.29, 0.717) is 0 Å². The lowest BCUT2D eigenvalue weighted by Crippen LogP contribution is -1.99. The van der Waals surface area contributed by atoms with E-state index in [0.717, 1.165) is 31.4 Å². The molecule has 4 rings (SSSR count). The Morgan fingerprint density at radius 1 is 0.923 bits per heavy atom. The monoisotopic (exact) mass is 359 g/mol. The molecule has 1 heterocycles. The molecular formula is C24H25NS. The maximum absolute atomic E-state index is 4.79. The summed E-state index contributed by atoms with van der Waals surface area (Å²) >= 11 is 1.56. The molecule has 2 heteroatoms. The molecule has 1 aromatic heterocycles. The molecule has 0 fully saturated rings.